The van der Waals surface area contributed by atoms with E-state index in [4.69, 9.17) is 11.6 Å². The van der Waals surface area contributed by atoms with Crippen molar-refractivity contribution in [2.24, 2.45) is 0 Å². The maximum Gasteiger partial charge on any atom is 0.231 e. The van der Waals surface area contributed by atoms with Crippen molar-refractivity contribution >= 4 is 29.3 Å². The van der Waals surface area contributed by atoms with E-state index >= 15 is 0 Å². The maximum atomic E-state index is 12.9. The third kappa shape index (κ3) is 3.88. The third-order valence-corrected chi connectivity index (χ3v) is 5.43. The van der Waals surface area contributed by atoms with Crippen molar-refractivity contribution in [2.75, 3.05) is 5.75 Å². The highest BCUT2D eigenvalue weighted by molar-refractivity contribution is 8.00. The van der Waals surface area contributed by atoms with Gasteiger partial charge in [-0.1, -0.05) is 23.7 Å². The monoisotopic (exact) mass is 349 g/mol. The second kappa shape index (κ2) is 6.93. The van der Waals surface area contributed by atoms with Gasteiger partial charge in [0.15, 0.2) is 0 Å². The fraction of sp³-hybridized carbons (Fsp3) is 0.278. The van der Waals surface area contributed by atoms with Gasteiger partial charge in [0, 0.05) is 9.92 Å². The van der Waals surface area contributed by atoms with Gasteiger partial charge in [0.25, 0.3) is 0 Å². The van der Waals surface area contributed by atoms with Gasteiger partial charge in [0.2, 0.25) is 5.91 Å². The first-order valence-electron chi connectivity index (χ1n) is 7.53. The number of rotatable bonds is 5. The normalized spacial score (nSPS) is 15.7. The van der Waals surface area contributed by atoms with Gasteiger partial charge in [-0.15, -0.1) is 11.8 Å². The standard InChI is InChI=1S/C18H17ClFNOS/c19-14-4-2-13(3-5-14)18(10-1-11-18)21-17(22)12-23-16-8-6-15(20)7-9-16/h2-9H,1,10-12H2,(H,21,22). The van der Waals surface area contributed by atoms with E-state index in [0.717, 1.165) is 29.7 Å². The molecule has 0 aliphatic heterocycles. The molecule has 0 bridgehead atoms. The molecule has 0 spiro atoms. The Kier molecular flexibility index (Phi) is 4.93. The number of carbonyl (C=O) groups excluding carboxylic acids is 1. The minimum atomic E-state index is -0.269. The quantitative estimate of drug-likeness (QED) is 0.788. The fourth-order valence-electron chi connectivity index (χ4n) is 2.77. The predicted octanol–water partition coefficient (Wildman–Crippen LogP) is 4.77. The van der Waals surface area contributed by atoms with Crippen LogP contribution in [-0.2, 0) is 10.3 Å². The Hall–Kier alpha value is -1.52. The second-order valence-corrected chi connectivity index (χ2v) is 7.22. The lowest BCUT2D eigenvalue weighted by Gasteiger charge is -2.43. The van der Waals surface area contributed by atoms with Crippen LogP contribution in [0.15, 0.2) is 53.4 Å². The van der Waals surface area contributed by atoms with Crippen molar-refractivity contribution in [2.45, 2.75) is 29.7 Å². The molecule has 0 radical (unpaired) electrons. The number of hydrogen-bond acceptors (Lipinski definition) is 2. The molecule has 0 aromatic heterocycles. The van der Waals surface area contributed by atoms with Crippen LogP contribution in [0.1, 0.15) is 24.8 Å². The van der Waals surface area contributed by atoms with Crippen molar-refractivity contribution in [1.82, 2.24) is 5.32 Å². The molecule has 5 heteroatoms. The zero-order chi connectivity index (χ0) is 16.3. The van der Waals surface area contributed by atoms with E-state index in [1.54, 1.807) is 12.1 Å². The lowest BCUT2D eigenvalue weighted by molar-refractivity contribution is -0.121. The SMILES string of the molecule is O=C(CSc1ccc(F)cc1)NC1(c2ccc(Cl)cc2)CCC1. The van der Waals surface area contributed by atoms with E-state index in [-0.39, 0.29) is 17.3 Å². The number of benzene rings is 2. The van der Waals surface area contributed by atoms with Crippen LogP contribution in [0.2, 0.25) is 5.02 Å². The Balaban J connectivity index is 1.61. The molecule has 1 amide bonds. The van der Waals surface area contributed by atoms with E-state index in [0.29, 0.717) is 10.8 Å². The molecule has 1 saturated carbocycles. The first-order chi connectivity index (χ1) is 11.1. The molecule has 2 aromatic rings. The highest BCUT2D eigenvalue weighted by atomic mass is 35.5. The molecule has 1 aliphatic rings. The summed E-state index contributed by atoms with van der Waals surface area (Å²) in [5.74, 6) is 0.0463. The largest absolute Gasteiger partial charge is 0.346 e. The Morgan fingerprint density at radius 2 is 1.78 bits per heavy atom. The molecule has 1 aliphatic carbocycles. The minimum Gasteiger partial charge on any atom is -0.346 e. The molecule has 0 unspecified atom stereocenters. The number of halogens is 2. The summed E-state index contributed by atoms with van der Waals surface area (Å²) in [6, 6.07) is 13.9. The average molecular weight is 350 g/mol. The summed E-state index contributed by atoms with van der Waals surface area (Å²) >= 11 is 7.35. The van der Waals surface area contributed by atoms with Crippen LogP contribution < -0.4 is 5.32 Å². The van der Waals surface area contributed by atoms with Crippen molar-refractivity contribution in [3.63, 3.8) is 0 Å². The maximum absolute atomic E-state index is 12.9. The third-order valence-electron chi connectivity index (χ3n) is 4.17. The summed E-state index contributed by atoms with van der Waals surface area (Å²) in [7, 11) is 0. The number of amides is 1. The Labute approximate surface area is 144 Å². The molecule has 0 heterocycles. The van der Waals surface area contributed by atoms with Gasteiger partial charge >= 0.3 is 0 Å². The number of carbonyl (C=O) groups is 1. The van der Waals surface area contributed by atoms with Crippen molar-refractivity contribution in [1.29, 1.82) is 0 Å². The molecule has 2 nitrogen and oxygen atoms in total. The van der Waals surface area contributed by atoms with Crippen LogP contribution in [-0.4, -0.2) is 11.7 Å². The summed E-state index contributed by atoms with van der Waals surface area (Å²) < 4.78 is 12.9. The summed E-state index contributed by atoms with van der Waals surface area (Å²) in [6.45, 7) is 0. The van der Waals surface area contributed by atoms with Gasteiger partial charge < -0.3 is 5.32 Å². The molecular formula is C18H17ClFNOS. The van der Waals surface area contributed by atoms with Crippen LogP contribution in [0.3, 0.4) is 0 Å². The molecule has 120 valence electrons. The molecule has 23 heavy (non-hydrogen) atoms. The van der Waals surface area contributed by atoms with Crippen LogP contribution in [0.4, 0.5) is 4.39 Å². The molecule has 1 fully saturated rings. The molecule has 0 atom stereocenters. The van der Waals surface area contributed by atoms with Crippen LogP contribution in [0.5, 0.6) is 0 Å². The fourth-order valence-corrected chi connectivity index (χ4v) is 3.59. The van der Waals surface area contributed by atoms with Gasteiger partial charge in [-0.2, -0.15) is 0 Å². The van der Waals surface area contributed by atoms with Gasteiger partial charge in [-0.25, -0.2) is 4.39 Å². The number of thioether (sulfide) groups is 1. The van der Waals surface area contributed by atoms with Gasteiger partial charge in [-0.3, -0.25) is 4.79 Å². The van der Waals surface area contributed by atoms with E-state index in [1.165, 1.54) is 23.9 Å². The van der Waals surface area contributed by atoms with Crippen molar-refractivity contribution in [3.05, 3.63) is 64.9 Å². The Morgan fingerprint density at radius 1 is 1.13 bits per heavy atom. The second-order valence-electron chi connectivity index (χ2n) is 5.73. The topological polar surface area (TPSA) is 29.1 Å². The van der Waals surface area contributed by atoms with Crippen molar-refractivity contribution in [3.8, 4) is 0 Å². The summed E-state index contributed by atoms with van der Waals surface area (Å²) in [4.78, 5) is 13.2. The van der Waals surface area contributed by atoms with Crippen LogP contribution in [0, 0.1) is 5.82 Å². The van der Waals surface area contributed by atoms with E-state index in [9.17, 15) is 9.18 Å². The van der Waals surface area contributed by atoms with Gasteiger partial charge in [-0.05, 0) is 61.2 Å². The highest BCUT2D eigenvalue weighted by Gasteiger charge is 2.39. The Bertz CT molecular complexity index is 683. The van der Waals surface area contributed by atoms with Crippen molar-refractivity contribution < 1.29 is 9.18 Å². The van der Waals surface area contributed by atoms with E-state index in [1.807, 2.05) is 24.3 Å². The first kappa shape index (κ1) is 16.3. The summed E-state index contributed by atoms with van der Waals surface area (Å²) in [5.41, 5.74) is 0.846. The summed E-state index contributed by atoms with van der Waals surface area (Å²) in [5, 5.41) is 3.87. The van der Waals surface area contributed by atoms with Gasteiger partial charge in [0.1, 0.15) is 5.82 Å². The zero-order valence-corrected chi connectivity index (χ0v) is 14.1. The lowest BCUT2D eigenvalue weighted by atomic mass is 9.72. The van der Waals surface area contributed by atoms with Gasteiger partial charge in [0.05, 0.1) is 11.3 Å². The molecule has 0 saturated heterocycles. The number of nitrogens with one attached hydrogen (secondary N) is 1. The van der Waals surface area contributed by atoms with Crippen LogP contribution in [0.25, 0.3) is 0 Å². The number of hydrogen-bond donors (Lipinski definition) is 1. The smallest absolute Gasteiger partial charge is 0.231 e. The minimum absolute atomic E-state index is 0.00558. The highest BCUT2D eigenvalue weighted by Crippen LogP contribution is 2.41. The van der Waals surface area contributed by atoms with E-state index in [2.05, 4.69) is 5.32 Å². The van der Waals surface area contributed by atoms with E-state index < -0.39 is 0 Å². The zero-order valence-electron chi connectivity index (χ0n) is 12.5. The predicted molar refractivity (Wildman–Crippen MR) is 92.2 cm³/mol. The molecule has 2 aromatic carbocycles. The lowest BCUT2D eigenvalue weighted by Crippen LogP contribution is -2.51. The molecular weight excluding hydrogens is 333 g/mol. The summed E-state index contributed by atoms with van der Waals surface area (Å²) in [6.07, 6.45) is 3.00. The average Bonchev–Trinajstić information content (AvgIpc) is 2.51. The molecule has 1 N–H and O–H groups in total. The van der Waals surface area contributed by atoms with Crippen LogP contribution >= 0.6 is 23.4 Å². The first-order valence-corrected chi connectivity index (χ1v) is 8.89. The Morgan fingerprint density at radius 3 is 2.35 bits per heavy atom. The molecule has 3 rings (SSSR count).